The molecule has 0 bridgehead atoms. The normalized spacial score (nSPS) is 10.1. The predicted molar refractivity (Wildman–Crippen MR) is 47.4 cm³/mol. The molecule has 0 fully saturated rings. The van der Waals surface area contributed by atoms with E-state index in [9.17, 15) is 4.79 Å². The van der Waals surface area contributed by atoms with Crippen molar-refractivity contribution >= 4 is 13.8 Å². The van der Waals surface area contributed by atoms with Crippen molar-refractivity contribution in [3.63, 3.8) is 0 Å². The largest absolute Gasteiger partial charge is 0.466 e. The van der Waals surface area contributed by atoms with Gasteiger partial charge in [-0.05, 0) is 6.92 Å². The second-order valence-corrected chi connectivity index (χ2v) is 3.08. The molecule has 0 heterocycles. The Morgan fingerprint density at radius 2 is 1.71 bits per heavy atom. The maximum Gasteiger partial charge on any atom is 0.466 e. The topological polar surface area (TPSA) is 113 Å². The summed E-state index contributed by atoms with van der Waals surface area (Å²) in [6.07, 6.45) is 0. The predicted octanol–water partition coefficient (Wildman–Crippen LogP) is -0.343. The summed E-state index contributed by atoms with van der Waals surface area (Å²) in [5, 5.41) is 0. The van der Waals surface area contributed by atoms with Gasteiger partial charge in [0.25, 0.3) is 0 Å². The first-order valence-corrected chi connectivity index (χ1v) is 5.33. The van der Waals surface area contributed by atoms with E-state index in [2.05, 4.69) is 4.74 Å². The summed E-state index contributed by atoms with van der Waals surface area (Å²) in [6.45, 7) is 4.81. The molecule has 0 aliphatic carbocycles. The van der Waals surface area contributed by atoms with Crippen LogP contribution in [0.15, 0.2) is 0 Å². The summed E-state index contributed by atoms with van der Waals surface area (Å²) >= 11 is 0. The van der Waals surface area contributed by atoms with Crippen molar-refractivity contribution in [2.45, 2.75) is 13.8 Å². The average molecular weight is 230 g/mol. The van der Waals surface area contributed by atoms with Crippen molar-refractivity contribution in [2.24, 2.45) is 0 Å². The molecule has 0 saturated carbocycles. The number of phosphoric acid groups is 1. The van der Waals surface area contributed by atoms with Gasteiger partial charge in [-0.25, -0.2) is 4.57 Å². The fraction of sp³-hybridized carbons (Fsp3) is 0.833. The molecule has 0 rings (SSSR count). The minimum Gasteiger partial charge on any atom is -0.463 e. The Bertz CT molecular complexity index is 178. The SMILES string of the molecule is CCOCCOC(C)=O.O=P(O)(O)O. The molecule has 0 aromatic rings. The van der Waals surface area contributed by atoms with Gasteiger partial charge in [0.1, 0.15) is 6.61 Å². The highest BCUT2D eigenvalue weighted by Gasteiger charge is 2.00. The molecule has 0 spiro atoms. The number of hydrogen-bond acceptors (Lipinski definition) is 4. The first kappa shape index (κ1) is 16.0. The van der Waals surface area contributed by atoms with Gasteiger partial charge in [-0.2, -0.15) is 0 Å². The molecule has 14 heavy (non-hydrogen) atoms. The lowest BCUT2D eigenvalue weighted by atomic mass is 10.7. The van der Waals surface area contributed by atoms with Gasteiger partial charge in [0.05, 0.1) is 6.61 Å². The number of carbonyl (C=O) groups is 1. The maximum absolute atomic E-state index is 10.1. The van der Waals surface area contributed by atoms with Crippen molar-refractivity contribution in [1.82, 2.24) is 0 Å². The smallest absolute Gasteiger partial charge is 0.463 e. The standard InChI is InChI=1S/C6H12O3.H3O4P/c1-3-8-4-5-9-6(2)7;1-5(2,3)4/h3-5H2,1-2H3;(H3,1,2,3,4). The zero-order chi connectivity index (χ0) is 11.6. The van der Waals surface area contributed by atoms with Crippen LogP contribution in [0.3, 0.4) is 0 Å². The summed E-state index contributed by atoms with van der Waals surface area (Å²) in [7, 11) is -4.64. The maximum atomic E-state index is 10.1. The van der Waals surface area contributed by atoms with Gasteiger partial charge in [0.2, 0.25) is 0 Å². The van der Waals surface area contributed by atoms with Crippen LogP contribution in [0.4, 0.5) is 0 Å². The number of esters is 1. The van der Waals surface area contributed by atoms with Gasteiger partial charge >= 0.3 is 13.8 Å². The van der Waals surface area contributed by atoms with Crippen LogP contribution >= 0.6 is 7.82 Å². The molecule has 0 aliphatic heterocycles. The summed E-state index contributed by atoms with van der Waals surface area (Å²) < 4.78 is 18.4. The molecule has 0 radical (unpaired) electrons. The van der Waals surface area contributed by atoms with Gasteiger partial charge < -0.3 is 24.2 Å². The van der Waals surface area contributed by atoms with Crippen LogP contribution in [0, 0.1) is 0 Å². The van der Waals surface area contributed by atoms with Crippen LogP contribution < -0.4 is 0 Å². The van der Waals surface area contributed by atoms with Crippen molar-refractivity contribution in [3.05, 3.63) is 0 Å². The van der Waals surface area contributed by atoms with Gasteiger partial charge in [0, 0.05) is 13.5 Å². The number of ether oxygens (including phenoxy) is 2. The molecule has 0 unspecified atom stereocenters. The van der Waals surface area contributed by atoms with E-state index in [4.69, 9.17) is 24.0 Å². The molecule has 0 amide bonds. The molecule has 8 heteroatoms. The molecular formula is C6H15O7P. The van der Waals surface area contributed by atoms with Crippen LogP contribution in [-0.2, 0) is 18.8 Å². The Balaban J connectivity index is 0. The minimum atomic E-state index is -4.64. The number of carbonyl (C=O) groups excluding carboxylic acids is 1. The van der Waals surface area contributed by atoms with Crippen molar-refractivity contribution < 1.29 is 33.5 Å². The molecular weight excluding hydrogens is 215 g/mol. The second kappa shape index (κ2) is 9.11. The van der Waals surface area contributed by atoms with E-state index in [1.165, 1.54) is 6.92 Å². The monoisotopic (exact) mass is 230 g/mol. The van der Waals surface area contributed by atoms with Gasteiger partial charge in [0.15, 0.2) is 0 Å². The van der Waals surface area contributed by atoms with Crippen LogP contribution in [0.25, 0.3) is 0 Å². The highest BCUT2D eigenvalue weighted by molar-refractivity contribution is 7.45. The van der Waals surface area contributed by atoms with Gasteiger partial charge in [-0.1, -0.05) is 0 Å². The molecule has 0 aromatic carbocycles. The minimum absolute atomic E-state index is 0.255. The molecule has 86 valence electrons. The van der Waals surface area contributed by atoms with E-state index in [0.29, 0.717) is 19.8 Å². The van der Waals surface area contributed by atoms with Crippen molar-refractivity contribution in [1.29, 1.82) is 0 Å². The molecule has 0 atom stereocenters. The molecule has 0 saturated heterocycles. The summed E-state index contributed by atoms with van der Waals surface area (Å²) in [5.41, 5.74) is 0. The van der Waals surface area contributed by atoms with E-state index in [0.717, 1.165) is 0 Å². The van der Waals surface area contributed by atoms with E-state index in [-0.39, 0.29) is 5.97 Å². The van der Waals surface area contributed by atoms with Crippen LogP contribution in [-0.4, -0.2) is 40.5 Å². The highest BCUT2D eigenvalue weighted by atomic mass is 31.2. The summed E-state index contributed by atoms with van der Waals surface area (Å²) in [4.78, 5) is 31.7. The molecule has 7 nitrogen and oxygen atoms in total. The molecule has 0 aliphatic rings. The van der Waals surface area contributed by atoms with Gasteiger partial charge in [-0.3, -0.25) is 4.79 Å². The van der Waals surface area contributed by atoms with E-state index < -0.39 is 7.82 Å². The Hall–Kier alpha value is -0.460. The lowest BCUT2D eigenvalue weighted by Crippen LogP contribution is -2.06. The number of rotatable bonds is 4. The van der Waals surface area contributed by atoms with Crippen LogP contribution in [0.2, 0.25) is 0 Å². The zero-order valence-corrected chi connectivity index (χ0v) is 8.94. The fourth-order valence-corrected chi connectivity index (χ4v) is 0.389. The third kappa shape index (κ3) is 41.8. The van der Waals surface area contributed by atoms with E-state index in [1.807, 2.05) is 6.92 Å². The molecule has 3 N–H and O–H groups in total. The van der Waals surface area contributed by atoms with Crippen LogP contribution in [0.1, 0.15) is 13.8 Å². The third-order valence-corrected chi connectivity index (χ3v) is 0.737. The first-order valence-electron chi connectivity index (χ1n) is 3.76. The fourth-order valence-electron chi connectivity index (χ4n) is 0.389. The van der Waals surface area contributed by atoms with Crippen LogP contribution in [0.5, 0.6) is 0 Å². The summed E-state index contributed by atoms with van der Waals surface area (Å²) in [5.74, 6) is -0.255. The lowest BCUT2D eigenvalue weighted by molar-refractivity contribution is -0.142. The number of hydrogen-bond donors (Lipinski definition) is 3. The first-order chi connectivity index (χ1) is 6.27. The van der Waals surface area contributed by atoms with E-state index in [1.54, 1.807) is 0 Å². The third-order valence-electron chi connectivity index (χ3n) is 0.737. The lowest BCUT2D eigenvalue weighted by Gasteiger charge is -1.99. The zero-order valence-electron chi connectivity index (χ0n) is 8.04. The van der Waals surface area contributed by atoms with Gasteiger partial charge in [-0.15, -0.1) is 0 Å². The highest BCUT2D eigenvalue weighted by Crippen LogP contribution is 2.25. The second-order valence-electron chi connectivity index (χ2n) is 2.05. The summed E-state index contributed by atoms with van der Waals surface area (Å²) in [6, 6.07) is 0. The Morgan fingerprint density at radius 1 is 1.29 bits per heavy atom. The van der Waals surface area contributed by atoms with Crippen molar-refractivity contribution in [3.8, 4) is 0 Å². The molecule has 0 aromatic heterocycles. The van der Waals surface area contributed by atoms with Crippen molar-refractivity contribution in [2.75, 3.05) is 19.8 Å². The average Bonchev–Trinajstić information content (AvgIpc) is 1.94. The Labute approximate surface area is 81.9 Å². The Kier molecular flexibility index (Phi) is 10.4. The van der Waals surface area contributed by atoms with E-state index >= 15 is 0 Å². The Morgan fingerprint density at radius 3 is 2.00 bits per heavy atom. The quantitative estimate of drug-likeness (QED) is 0.344.